The van der Waals surface area contributed by atoms with Gasteiger partial charge in [-0.25, -0.2) is 0 Å². The lowest BCUT2D eigenvalue weighted by Gasteiger charge is -2.35. The normalized spacial score (nSPS) is 16.0. The number of hydrogen-bond donors (Lipinski definition) is 0. The number of ether oxygens (including phenoxy) is 2. The van der Waals surface area contributed by atoms with E-state index in [0.717, 1.165) is 30.4 Å². The van der Waals surface area contributed by atoms with Crippen molar-refractivity contribution in [3.8, 4) is 11.5 Å². The molecule has 1 aliphatic rings. The number of methoxy groups -OCH3 is 1. The lowest BCUT2D eigenvalue weighted by Crippen LogP contribution is -2.51. The Kier molecular flexibility index (Phi) is 6.58. The second-order valence-corrected chi connectivity index (χ2v) is 7.10. The minimum absolute atomic E-state index is 0.0215. The molecule has 6 heteroatoms. The lowest BCUT2D eigenvalue weighted by molar-refractivity contribution is -0.139. The molecule has 0 saturated carbocycles. The van der Waals surface area contributed by atoms with Crippen LogP contribution in [-0.4, -0.2) is 55.1 Å². The predicted octanol–water partition coefficient (Wildman–Crippen LogP) is 3.46. The molecule has 27 heavy (non-hydrogen) atoms. The summed E-state index contributed by atoms with van der Waals surface area (Å²) in [5.74, 6) is 1.45. The fourth-order valence-electron chi connectivity index (χ4n) is 3.19. The average molecular weight is 389 g/mol. The molecular weight excluding hydrogens is 364 g/mol. The Morgan fingerprint density at radius 3 is 2.37 bits per heavy atom. The molecule has 2 aromatic carbocycles. The average Bonchev–Trinajstić information content (AvgIpc) is 2.68. The van der Waals surface area contributed by atoms with Crippen LogP contribution in [0.25, 0.3) is 0 Å². The van der Waals surface area contributed by atoms with E-state index in [1.54, 1.807) is 14.0 Å². The largest absolute Gasteiger partial charge is 0.497 e. The molecule has 144 valence electrons. The van der Waals surface area contributed by atoms with Gasteiger partial charge in [-0.3, -0.25) is 9.69 Å². The van der Waals surface area contributed by atoms with Crippen LogP contribution in [0, 0.1) is 0 Å². The van der Waals surface area contributed by atoms with Gasteiger partial charge >= 0.3 is 0 Å². The first-order valence-corrected chi connectivity index (χ1v) is 9.49. The second kappa shape index (κ2) is 9.11. The van der Waals surface area contributed by atoms with E-state index in [1.807, 2.05) is 47.4 Å². The summed E-state index contributed by atoms with van der Waals surface area (Å²) in [6.45, 7) is 5.73. The SMILES string of the molecule is COc1ccc(OC(C)C(=O)N2CCN(Cc3cccc(Cl)c3)CC2)cc1. The number of carbonyl (C=O) groups excluding carboxylic acids is 1. The molecule has 0 radical (unpaired) electrons. The number of piperazine rings is 1. The van der Waals surface area contributed by atoms with Crippen LogP contribution in [0.3, 0.4) is 0 Å². The lowest BCUT2D eigenvalue weighted by atomic mass is 10.2. The summed E-state index contributed by atoms with van der Waals surface area (Å²) in [7, 11) is 1.62. The quantitative estimate of drug-likeness (QED) is 0.760. The van der Waals surface area contributed by atoms with E-state index < -0.39 is 6.10 Å². The Labute approximate surface area is 165 Å². The van der Waals surface area contributed by atoms with E-state index >= 15 is 0 Å². The molecule has 1 saturated heterocycles. The topological polar surface area (TPSA) is 42.0 Å². The Hall–Kier alpha value is -2.24. The fourth-order valence-corrected chi connectivity index (χ4v) is 3.40. The van der Waals surface area contributed by atoms with Gasteiger partial charge in [-0.2, -0.15) is 0 Å². The Morgan fingerprint density at radius 2 is 1.74 bits per heavy atom. The van der Waals surface area contributed by atoms with Crippen molar-refractivity contribution < 1.29 is 14.3 Å². The molecule has 0 bridgehead atoms. The zero-order chi connectivity index (χ0) is 19.2. The molecule has 2 aromatic rings. The third kappa shape index (κ3) is 5.37. The predicted molar refractivity (Wildman–Crippen MR) is 106 cm³/mol. The third-order valence-corrected chi connectivity index (χ3v) is 4.93. The number of nitrogens with zero attached hydrogens (tertiary/aromatic N) is 2. The summed E-state index contributed by atoms with van der Waals surface area (Å²) in [6, 6.07) is 15.2. The van der Waals surface area contributed by atoms with E-state index in [-0.39, 0.29) is 5.91 Å². The monoisotopic (exact) mass is 388 g/mol. The van der Waals surface area contributed by atoms with Crippen molar-refractivity contribution in [3.05, 3.63) is 59.1 Å². The van der Waals surface area contributed by atoms with E-state index in [2.05, 4.69) is 11.0 Å². The zero-order valence-corrected chi connectivity index (χ0v) is 16.5. The minimum atomic E-state index is -0.516. The van der Waals surface area contributed by atoms with Gasteiger partial charge in [0, 0.05) is 37.7 Å². The summed E-state index contributed by atoms with van der Waals surface area (Å²) >= 11 is 6.05. The molecule has 1 atom stereocenters. The number of carbonyl (C=O) groups is 1. The highest BCUT2D eigenvalue weighted by Gasteiger charge is 2.26. The molecule has 1 unspecified atom stereocenters. The molecule has 5 nitrogen and oxygen atoms in total. The van der Waals surface area contributed by atoms with Crippen molar-refractivity contribution >= 4 is 17.5 Å². The van der Waals surface area contributed by atoms with Crippen molar-refractivity contribution in [2.75, 3.05) is 33.3 Å². The van der Waals surface area contributed by atoms with Crippen molar-refractivity contribution in [2.45, 2.75) is 19.6 Å². The zero-order valence-electron chi connectivity index (χ0n) is 15.7. The van der Waals surface area contributed by atoms with Gasteiger partial charge in [-0.15, -0.1) is 0 Å². The Bertz CT molecular complexity index is 758. The highest BCUT2D eigenvalue weighted by Crippen LogP contribution is 2.19. The second-order valence-electron chi connectivity index (χ2n) is 6.67. The first-order valence-electron chi connectivity index (χ1n) is 9.11. The van der Waals surface area contributed by atoms with Gasteiger partial charge in [0.25, 0.3) is 5.91 Å². The number of amides is 1. The first-order chi connectivity index (χ1) is 13.0. The van der Waals surface area contributed by atoms with Crippen LogP contribution in [-0.2, 0) is 11.3 Å². The fraction of sp³-hybridized carbons (Fsp3) is 0.381. The van der Waals surface area contributed by atoms with Crippen LogP contribution >= 0.6 is 11.6 Å². The summed E-state index contributed by atoms with van der Waals surface area (Å²) < 4.78 is 10.9. The molecule has 3 rings (SSSR count). The Balaban J connectivity index is 1.48. The van der Waals surface area contributed by atoms with Crippen LogP contribution in [0.15, 0.2) is 48.5 Å². The van der Waals surface area contributed by atoms with Crippen molar-refractivity contribution in [2.24, 2.45) is 0 Å². The summed E-state index contributed by atoms with van der Waals surface area (Å²) in [5.41, 5.74) is 1.19. The summed E-state index contributed by atoms with van der Waals surface area (Å²) in [6.07, 6.45) is -0.516. The van der Waals surface area contributed by atoms with E-state index in [9.17, 15) is 4.79 Å². The first kappa shape index (κ1) is 19.5. The standard InChI is InChI=1S/C21H25ClN2O3/c1-16(27-20-8-6-19(26-2)7-9-20)21(25)24-12-10-23(11-13-24)15-17-4-3-5-18(22)14-17/h3-9,14,16H,10-13,15H2,1-2H3. The molecule has 1 fully saturated rings. The summed E-state index contributed by atoms with van der Waals surface area (Å²) in [4.78, 5) is 16.9. The van der Waals surface area contributed by atoms with Gasteiger partial charge < -0.3 is 14.4 Å². The molecule has 1 amide bonds. The number of hydrogen-bond acceptors (Lipinski definition) is 4. The van der Waals surface area contributed by atoms with Crippen LogP contribution in [0.2, 0.25) is 5.02 Å². The minimum Gasteiger partial charge on any atom is -0.497 e. The van der Waals surface area contributed by atoms with Crippen molar-refractivity contribution in [1.82, 2.24) is 9.80 Å². The van der Waals surface area contributed by atoms with Crippen molar-refractivity contribution in [1.29, 1.82) is 0 Å². The van der Waals surface area contributed by atoms with Crippen LogP contribution in [0.4, 0.5) is 0 Å². The number of rotatable bonds is 6. The van der Waals surface area contributed by atoms with E-state index in [0.29, 0.717) is 18.8 Å². The molecule has 0 spiro atoms. The molecule has 0 aromatic heterocycles. The number of halogens is 1. The summed E-state index contributed by atoms with van der Waals surface area (Å²) in [5, 5.41) is 0.755. The molecule has 0 N–H and O–H groups in total. The van der Waals surface area contributed by atoms with Gasteiger partial charge in [-0.05, 0) is 48.9 Å². The molecule has 1 heterocycles. The number of benzene rings is 2. The molecule has 0 aliphatic carbocycles. The van der Waals surface area contributed by atoms with Gasteiger partial charge in [-0.1, -0.05) is 23.7 Å². The maximum atomic E-state index is 12.7. The van der Waals surface area contributed by atoms with Gasteiger partial charge in [0.05, 0.1) is 7.11 Å². The molecule has 1 aliphatic heterocycles. The van der Waals surface area contributed by atoms with Gasteiger partial charge in [0.15, 0.2) is 6.10 Å². The smallest absolute Gasteiger partial charge is 0.263 e. The van der Waals surface area contributed by atoms with Crippen LogP contribution < -0.4 is 9.47 Å². The van der Waals surface area contributed by atoms with Gasteiger partial charge in [0.2, 0.25) is 0 Å². The van der Waals surface area contributed by atoms with Crippen LogP contribution in [0.1, 0.15) is 12.5 Å². The highest BCUT2D eigenvalue weighted by molar-refractivity contribution is 6.30. The van der Waals surface area contributed by atoms with Crippen LogP contribution in [0.5, 0.6) is 11.5 Å². The third-order valence-electron chi connectivity index (χ3n) is 4.70. The van der Waals surface area contributed by atoms with E-state index in [4.69, 9.17) is 21.1 Å². The highest BCUT2D eigenvalue weighted by atomic mass is 35.5. The van der Waals surface area contributed by atoms with Crippen molar-refractivity contribution in [3.63, 3.8) is 0 Å². The Morgan fingerprint density at radius 1 is 1.07 bits per heavy atom. The maximum absolute atomic E-state index is 12.7. The maximum Gasteiger partial charge on any atom is 0.263 e. The molecular formula is C21H25ClN2O3. The van der Waals surface area contributed by atoms with Gasteiger partial charge in [0.1, 0.15) is 11.5 Å². The van der Waals surface area contributed by atoms with E-state index in [1.165, 1.54) is 5.56 Å².